The van der Waals surface area contributed by atoms with Crippen molar-refractivity contribution in [3.05, 3.63) is 76.1 Å². The van der Waals surface area contributed by atoms with E-state index < -0.39 is 29.1 Å². The van der Waals surface area contributed by atoms with Crippen molar-refractivity contribution in [1.82, 2.24) is 9.55 Å². The van der Waals surface area contributed by atoms with Crippen LogP contribution in [0.3, 0.4) is 0 Å². The van der Waals surface area contributed by atoms with Gasteiger partial charge in [-0.2, -0.15) is 13.2 Å². The van der Waals surface area contributed by atoms with Gasteiger partial charge < -0.3 is 15.2 Å². The molecule has 168 valence electrons. The van der Waals surface area contributed by atoms with Gasteiger partial charge in [-0.3, -0.25) is 14.2 Å². The summed E-state index contributed by atoms with van der Waals surface area (Å²) in [5.74, 6) is -2.09. The lowest BCUT2D eigenvalue weighted by atomic mass is 10.1. The molecular formula is C21H17F4N3O4. The zero-order valence-corrected chi connectivity index (χ0v) is 16.6. The third-order valence-electron chi connectivity index (χ3n) is 4.55. The number of rotatable bonds is 7. The quantitative estimate of drug-likeness (QED) is 0.524. The Morgan fingerprint density at radius 3 is 2.59 bits per heavy atom. The monoisotopic (exact) mass is 451 g/mol. The van der Waals surface area contributed by atoms with Crippen LogP contribution in [0.5, 0.6) is 5.75 Å². The van der Waals surface area contributed by atoms with E-state index in [9.17, 15) is 27.2 Å². The number of carboxylic acids is 1. The summed E-state index contributed by atoms with van der Waals surface area (Å²) >= 11 is 0. The summed E-state index contributed by atoms with van der Waals surface area (Å²) in [6.07, 6.45) is -1.96. The standard InChI is InChI=1S/C21H17F4N3O4/c1-32-17-11-14(5-2-12(17)3-7-18(29)30)28-9-8-26-19(20(28)31)27-16-6-4-13(10-15(16)22)21(23,24)25/h2,4-6,8-11H,3,7H2,1H3,(H,26,27)(H,29,30). The number of carbonyl (C=O) groups is 1. The number of anilines is 2. The van der Waals surface area contributed by atoms with Crippen LogP contribution in [-0.2, 0) is 17.4 Å². The predicted octanol–water partition coefficient (Wildman–Crippen LogP) is 4.16. The Kier molecular flexibility index (Phi) is 6.47. The fraction of sp³-hybridized carbons (Fsp3) is 0.190. The van der Waals surface area contributed by atoms with Crippen molar-refractivity contribution in [2.24, 2.45) is 0 Å². The van der Waals surface area contributed by atoms with E-state index in [1.165, 1.54) is 30.1 Å². The third kappa shape index (κ3) is 5.05. The van der Waals surface area contributed by atoms with Crippen LogP contribution >= 0.6 is 0 Å². The second-order valence-electron chi connectivity index (χ2n) is 6.66. The first-order valence-corrected chi connectivity index (χ1v) is 9.20. The lowest BCUT2D eigenvalue weighted by molar-refractivity contribution is -0.138. The molecule has 3 rings (SSSR count). The predicted molar refractivity (Wildman–Crippen MR) is 107 cm³/mol. The van der Waals surface area contributed by atoms with Crippen molar-refractivity contribution in [2.45, 2.75) is 19.0 Å². The summed E-state index contributed by atoms with van der Waals surface area (Å²) < 4.78 is 58.7. The summed E-state index contributed by atoms with van der Waals surface area (Å²) in [7, 11) is 1.40. The van der Waals surface area contributed by atoms with Crippen LogP contribution in [0.1, 0.15) is 17.5 Å². The number of methoxy groups -OCH3 is 1. The first-order valence-electron chi connectivity index (χ1n) is 9.20. The van der Waals surface area contributed by atoms with Crippen LogP contribution in [0.25, 0.3) is 5.69 Å². The summed E-state index contributed by atoms with van der Waals surface area (Å²) in [5, 5.41) is 11.3. The Hall–Kier alpha value is -3.89. The first kappa shape index (κ1) is 22.8. The normalized spacial score (nSPS) is 11.3. The minimum atomic E-state index is -4.70. The van der Waals surface area contributed by atoms with Crippen molar-refractivity contribution in [2.75, 3.05) is 12.4 Å². The topological polar surface area (TPSA) is 93.5 Å². The fourth-order valence-electron chi connectivity index (χ4n) is 2.95. The van der Waals surface area contributed by atoms with Gasteiger partial charge in [0.2, 0.25) is 0 Å². The molecule has 11 heteroatoms. The molecule has 0 bridgehead atoms. The molecule has 1 aromatic heterocycles. The summed E-state index contributed by atoms with van der Waals surface area (Å²) in [6, 6.07) is 6.60. The highest BCUT2D eigenvalue weighted by molar-refractivity contribution is 5.67. The van der Waals surface area contributed by atoms with Crippen molar-refractivity contribution in [1.29, 1.82) is 0 Å². The van der Waals surface area contributed by atoms with Crippen LogP contribution in [0.15, 0.2) is 53.6 Å². The Morgan fingerprint density at radius 2 is 1.97 bits per heavy atom. The minimum Gasteiger partial charge on any atom is -0.496 e. The number of halogens is 4. The van der Waals surface area contributed by atoms with Crippen molar-refractivity contribution < 1.29 is 32.2 Å². The highest BCUT2D eigenvalue weighted by Crippen LogP contribution is 2.31. The van der Waals surface area contributed by atoms with Crippen molar-refractivity contribution in [3.63, 3.8) is 0 Å². The number of nitrogens with one attached hydrogen (secondary N) is 1. The number of nitrogens with zero attached hydrogens (tertiary/aromatic N) is 2. The number of aliphatic carboxylic acids is 1. The lowest BCUT2D eigenvalue weighted by Crippen LogP contribution is -2.22. The molecule has 3 aromatic rings. The summed E-state index contributed by atoms with van der Waals surface area (Å²) in [4.78, 5) is 27.5. The van der Waals surface area contributed by atoms with Gasteiger partial charge in [-0.05, 0) is 36.2 Å². The highest BCUT2D eigenvalue weighted by atomic mass is 19.4. The van der Waals surface area contributed by atoms with Gasteiger partial charge in [0.05, 0.1) is 24.0 Å². The molecule has 0 saturated heterocycles. The van der Waals surface area contributed by atoms with Gasteiger partial charge >= 0.3 is 12.1 Å². The van der Waals surface area contributed by atoms with E-state index in [2.05, 4.69) is 10.3 Å². The van der Waals surface area contributed by atoms with Crippen LogP contribution in [0.4, 0.5) is 29.1 Å². The SMILES string of the molecule is COc1cc(-n2ccnc(Nc3ccc(C(F)(F)F)cc3F)c2=O)ccc1CCC(=O)O. The maximum atomic E-state index is 14.1. The van der Waals surface area contributed by atoms with Gasteiger partial charge in [0.15, 0.2) is 5.82 Å². The maximum absolute atomic E-state index is 14.1. The summed E-state index contributed by atoms with van der Waals surface area (Å²) in [5.41, 5.74) is -1.20. The van der Waals surface area contributed by atoms with Gasteiger partial charge in [-0.15, -0.1) is 0 Å². The third-order valence-corrected chi connectivity index (χ3v) is 4.55. The minimum absolute atomic E-state index is 0.0995. The fourth-order valence-corrected chi connectivity index (χ4v) is 2.95. The Balaban J connectivity index is 1.92. The Bertz CT molecular complexity index is 1210. The van der Waals surface area contributed by atoms with E-state index in [-0.39, 0.29) is 24.3 Å². The van der Waals surface area contributed by atoms with Gasteiger partial charge in [0.25, 0.3) is 5.56 Å². The number of carboxylic acid groups (broad SMARTS) is 1. The molecule has 7 nitrogen and oxygen atoms in total. The molecule has 0 amide bonds. The molecular weight excluding hydrogens is 434 g/mol. The van der Waals surface area contributed by atoms with Crippen LogP contribution in [0.2, 0.25) is 0 Å². The van der Waals surface area contributed by atoms with Crippen LogP contribution < -0.4 is 15.6 Å². The molecule has 1 heterocycles. The zero-order valence-electron chi connectivity index (χ0n) is 16.6. The van der Waals surface area contributed by atoms with Gasteiger partial charge in [-0.25, -0.2) is 9.37 Å². The average Bonchev–Trinajstić information content (AvgIpc) is 2.74. The van der Waals surface area contributed by atoms with Crippen LogP contribution in [0, 0.1) is 5.82 Å². The Labute approximate surface area is 178 Å². The first-order chi connectivity index (χ1) is 15.1. The van der Waals surface area contributed by atoms with Gasteiger partial charge in [-0.1, -0.05) is 6.07 Å². The molecule has 0 aliphatic carbocycles. The molecule has 0 spiro atoms. The van der Waals surface area contributed by atoms with Crippen molar-refractivity contribution >= 4 is 17.5 Å². The second-order valence-corrected chi connectivity index (χ2v) is 6.66. The lowest BCUT2D eigenvalue weighted by Gasteiger charge is -2.13. The number of aromatic nitrogens is 2. The molecule has 0 saturated carbocycles. The molecule has 0 radical (unpaired) electrons. The maximum Gasteiger partial charge on any atom is 0.416 e. The zero-order chi connectivity index (χ0) is 23.5. The van der Waals surface area contributed by atoms with E-state index in [0.29, 0.717) is 29.1 Å². The number of hydrogen-bond donors (Lipinski definition) is 2. The van der Waals surface area contributed by atoms with E-state index >= 15 is 0 Å². The summed E-state index contributed by atoms with van der Waals surface area (Å²) in [6.45, 7) is 0. The number of aryl methyl sites for hydroxylation is 1. The molecule has 0 atom stereocenters. The number of hydrogen-bond acceptors (Lipinski definition) is 5. The Morgan fingerprint density at radius 1 is 1.22 bits per heavy atom. The van der Waals surface area contributed by atoms with Crippen molar-refractivity contribution in [3.8, 4) is 11.4 Å². The number of alkyl halides is 3. The second kappa shape index (κ2) is 9.08. The molecule has 0 aliphatic rings. The largest absolute Gasteiger partial charge is 0.496 e. The number of ether oxygens (including phenoxy) is 1. The van der Waals surface area contributed by atoms with Crippen LogP contribution in [-0.4, -0.2) is 27.7 Å². The van der Waals surface area contributed by atoms with Gasteiger partial charge in [0.1, 0.15) is 11.6 Å². The van der Waals surface area contributed by atoms with E-state index in [0.717, 1.165) is 6.07 Å². The molecule has 2 aromatic carbocycles. The van der Waals surface area contributed by atoms with E-state index in [1.54, 1.807) is 12.1 Å². The van der Waals surface area contributed by atoms with E-state index in [4.69, 9.17) is 9.84 Å². The molecule has 0 unspecified atom stereocenters. The average molecular weight is 451 g/mol. The molecule has 0 fully saturated rings. The smallest absolute Gasteiger partial charge is 0.416 e. The highest BCUT2D eigenvalue weighted by Gasteiger charge is 2.31. The molecule has 0 aliphatic heterocycles. The van der Waals surface area contributed by atoms with E-state index in [1.807, 2.05) is 0 Å². The number of benzene rings is 2. The van der Waals surface area contributed by atoms with Gasteiger partial charge in [0, 0.05) is 24.9 Å². The molecule has 32 heavy (non-hydrogen) atoms. The molecule has 2 N–H and O–H groups in total.